The molecule has 1 unspecified atom stereocenters. The maximum Gasteiger partial charge on any atom is 0.303 e. The van der Waals surface area contributed by atoms with Crippen molar-refractivity contribution < 1.29 is 23.8 Å². The minimum atomic E-state index is -0.952. The Bertz CT molecular complexity index is 1300. The molecular weight excluding hydrogens is 501 g/mol. The van der Waals surface area contributed by atoms with Gasteiger partial charge in [-0.1, -0.05) is 18.2 Å². The van der Waals surface area contributed by atoms with Gasteiger partial charge in [0.25, 0.3) is 0 Å². The van der Waals surface area contributed by atoms with Gasteiger partial charge in [0.1, 0.15) is 23.9 Å². The molecule has 3 aromatic rings. The van der Waals surface area contributed by atoms with E-state index in [9.17, 15) is 9.18 Å². The van der Waals surface area contributed by atoms with Crippen molar-refractivity contribution in [3.05, 3.63) is 76.6 Å². The first kappa shape index (κ1) is 26.4. The normalized spacial score (nSPS) is 16.3. The van der Waals surface area contributed by atoms with Crippen LogP contribution in [0.15, 0.2) is 48.5 Å². The maximum atomic E-state index is 14.6. The number of benzene rings is 3. The molecule has 1 aliphatic carbocycles. The van der Waals surface area contributed by atoms with Gasteiger partial charge in [-0.3, -0.25) is 4.79 Å². The van der Waals surface area contributed by atoms with Crippen LogP contribution < -0.4 is 14.8 Å². The molecule has 1 fully saturated rings. The van der Waals surface area contributed by atoms with E-state index in [1.165, 1.54) is 35.6 Å². The predicted molar refractivity (Wildman–Crippen MR) is 151 cm³/mol. The number of aryl methyl sites for hydroxylation is 3. The predicted octanol–water partition coefficient (Wildman–Crippen LogP) is 7.34. The van der Waals surface area contributed by atoms with Crippen molar-refractivity contribution in [2.75, 3.05) is 24.3 Å². The van der Waals surface area contributed by atoms with Gasteiger partial charge in [0.2, 0.25) is 0 Å². The van der Waals surface area contributed by atoms with Crippen LogP contribution in [0.3, 0.4) is 0 Å². The smallest absolute Gasteiger partial charge is 0.303 e. The van der Waals surface area contributed by atoms with Gasteiger partial charge in [0.15, 0.2) is 0 Å². The maximum absolute atomic E-state index is 14.6. The molecule has 5 nitrogen and oxygen atoms in total. The first-order valence-corrected chi connectivity index (χ1v) is 14.3. The van der Waals surface area contributed by atoms with E-state index in [1.54, 1.807) is 6.07 Å². The van der Waals surface area contributed by atoms with Crippen LogP contribution in [0.5, 0.6) is 11.5 Å². The van der Waals surface area contributed by atoms with Crippen molar-refractivity contribution in [1.82, 2.24) is 0 Å². The molecule has 1 heterocycles. The number of carbonyl (C=O) groups is 1. The Hall–Kier alpha value is -3.19. The number of thioether (sulfide) groups is 1. The SMILES string of the molecule is Cc1cc(OCCCSC2CC2)cc(C)c1-c1cccc(C2COc3cc(CCC(=O)O)c(F)cc3N2)c1. The summed E-state index contributed by atoms with van der Waals surface area (Å²) >= 11 is 2.06. The lowest BCUT2D eigenvalue weighted by molar-refractivity contribution is -0.136. The second-order valence-corrected chi connectivity index (χ2v) is 11.6. The van der Waals surface area contributed by atoms with Crippen LogP contribution in [0.25, 0.3) is 11.1 Å². The number of carboxylic acids is 1. The van der Waals surface area contributed by atoms with Crippen LogP contribution in [0, 0.1) is 19.7 Å². The topological polar surface area (TPSA) is 67.8 Å². The number of halogens is 1. The van der Waals surface area contributed by atoms with E-state index in [0.29, 0.717) is 23.6 Å². The molecule has 1 aliphatic heterocycles. The molecule has 0 spiro atoms. The van der Waals surface area contributed by atoms with Crippen LogP contribution >= 0.6 is 11.8 Å². The third kappa shape index (κ3) is 6.44. The van der Waals surface area contributed by atoms with Crippen LogP contribution in [0.4, 0.5) is 10.1 Å². The average Bonchev–Trinajstić information content (AvgIpc) is 3.71. The second kappa shape index (κ2) is 11.7. The first-order chi connectivity index (χ1) is 18.4. The summed E-state index contributed by atoms with van der Waals surface area (Å²) in [6.45, 7) is 5.37. The Kier molecular flexibility index (Phi) is 8.12. The third-order valence-corrected chi connectivity index (χ3v) is 8.48. The number of nitrogens with one attached hydrogen (secondary N) is 1. The Balaban J connectivity index is 1.27. The highest BCUT2D eigenvalue weighted by atomic mass is 32.2. The fraction of sp³-hybridized carbons (Fsp3) is 0.387. The summed E-state index contributed by atoms with van der Waals surface area (Å²) in [6.07, 6.45) is 3.82. The molecule has 0 bridgehead atoms. The fourth-order valence-electron chi connectivity index (χ4n) is 4.95. The highest BCUT2D eigenvalue weighted by Gasteiger charge is 2.24. The molecular formula is C31H34FNO4S. The summed E-state index contributed by atoms with van der Waals surface area (Å²) in [4.78, 5) is 10.9. The molecule has 38 heavy (non-hydrogen) atoms. The number of rotatable bonds is 11. The van der Waals surface area contributed by atoms with Crippen molar-refractivity contribution in [2.45, 2.75) is 57.2 Å². The Morgan fingerprint density at radius 1 is 1.16 bits per heavy atom. The lowest BCUT2D eigenvalue weighted by Gasteiger charge is -2.29. The lowest BCUT2D eigenvalue weighted by Crippen LogP contribution is -2.24. The van der Waals surface area contributed by atoms with Crippen molar-refractivity contribution in [2.24, 2.45) is 0 Å². The number of ether oxygens (including phenoxy) is 2. The monoisotopic (exact) mass is 535 g/mol. The molecule has 3 aromatic carbocycles. The summed E-state index contributed by atoms with van der Waals surface area (Å²) in [7, 11) is 0. The first-order valence-electron chi connectivity index (χ1n) is 13.3. The zero-order valence-corrected chi connectivity index (χ0v) is 22.7. The van der Waals surface area contributed by atoms with Gasteiger partial charge < -0.3 is 19.9 Å². The second-order valence-electron chi connectivity index (χ2n) is 10.2. The number of carboxylic acid groups (broad SMARTS) is 1. The largest absolute Gasteiger partial charge is 0.494 e. The van der Waals surface area contributed by atoms with E-state index in [1.807, 2.05) is 6.07 Å². The van der Waals surface area contributed by atoms with Crippen LogP contribution in [0.1, 0.15) is 54.0 Å². The van der Waals surface area contributed by atoms with E-state index in [4.69, 9.17) is 14.6 Å². The van der Waals surface area contributed by atoms with Crippen LogP contribution in [0.2, 0.25) is 0 Å². The van der Waals surface area contributed by atoms with Gasteiger partial charge in [0, 0.05) is 17.7 Å². The molecule has 1 saturated carbocycles. The Morgan fingerprint density at radius 3 is 2.68 bits per heavy atom. The van der Waals surface area contributed by atoms with Crippen molar-refractivity contribution in [3.63, 3.8) is 0 Å². The highest BCUT2D eigenvalue weighted by Crippen LogP contribution is 2.38. The standard InChI is InChI=1S/C31H34FNO4S/c1-19-13-24(36-11-4-12-38-25-8-9-25)14-20(2)31(19)23-6-3-5-22(15-23)28-18-37-29-16-21(7-10-30(34)35)26(32)17-27(29)33-28/h3,5-6,13-17,25,28,33H,4,7-12,18H2,1-2H3,(H,34,35). The molecule has 0 radical (unpaired) electrons. The number of hydrogen-bond donors (Lipinski definition) is 2. The quantitative estimate of drug-likeness (QED) is 0.251. The van der Waals surface area contributed by atoms with Gasteiger partial charge in [-0.25, -0.2) is 4.39 Å². The van der Waals surface area contributed by atoms with Crippen LogP contribution in [-0.4, -0.2) is 35.3 Å². The van der Waals surface area contributed by atoms with Crippen molar-refractivity contribution >= 4 is 23.4 Å². The average molecular weight is 536 g/mol. The van der Waals surface area contributed by atoms with E-state index in [2.05, 4.69) is 61.3 Å². The molecule has 0 amide bonds. The zero-order chi connectivity index (χ0) is 26.6. The highest BCUT2D eigenvalue weighted by molar-refractivity contribution is 8.00. The molecule has 2 aliphatic rings. The Morgan fingerprint density at radius 2 is 1.95 bits per heavy atom. The molecule has 0 saturated heterocycles. The van der Waals surface area contributed by atoms with E-state index >= 15 is 0 Å². The van der Waals surface area contributed by atoms with E-state index in [-0.39, 0.29) is 18.9 Å². The number of anilines is 1. The molecule has 200 valence electrons. The minimum absolute atomic E-state index is 0.121. The van der Waals surface area contributed by atoms with E-state index < -0.39 is 11.8 Å². The third-order valence-electron chi connectivity index (χ3n) is 7.01. The summed E-state index contributed by atoms with van der Waals surface area (Å²) < 4.78 is 26.7. The van der Waals surface area contributed by atoms with Crippen molar-refractivity contribution in [3.8, 4) is 22.6 Å². The molecule has 2 N–H and O–H groups in total. The van der Waals surface area contributed by atoms with Gasteiger partial charge in [-0.2, -0.15) is 11.8 Å². The summed E-state index contributed by atoms with van der Waals surface area (Å²) in [5, 5.41) is 13.2. The van der Waals surface area contributed by atoms with E-state index in [0.717, 1.165) is 40.9 Å². The number of fused-ring (bicyclic) bond motifs is 1. The Labute approximate surface area is 227 Å². The van der Waals surface area contributed by atoms with Gasteiger partial charge in [-0.15, -0.1) is 0 Å². The van der Waals surface area contributed by atoms with Crippen molar-refractivity contribution in [1.29, 1.82) is 0 Å². The molecule has 7 heteroatoms. The van der Waals surface area contributed by atoms with Gasteiger partial charge >= 0.3 is 5.97 Å². The summed E-state index contributed by atoms with van der Waals surface area (Å²) in [5.41, 5.74) is 6.62. The number of aliphatic carboxylic acids is 1. The van der Waals surface area contributed by atoms with Gasteiger partial charge in [-0.05, 0) is 103 Å². The zero-order valence-electron chi connectivity index (χ0n) is 21.9. The lowest BCUT2D eigenvalue weighted by atomic mass is 9.92. The summed E-state index contributed by atoms with van der Waals surface area (Å²) in [6, 6.07) is 15.5. The fourth-order valence-corrected chi connectivity index (χ4v) is 6.04. The van der Waals surface area contributed by atoms with Crippen LogP contribution in [-0.2, 0) is 11.2 Å². The molecule has 0 aromatic heterocycles. The summed E-state index contributed by atoms with van der Waals surface area (Å²) in [5.74, 6) is 1.25. The number of hydrogen-bond acceptors (Lipinski definition) is 5. The molecule has 1 atom stereocenters. The minimum Gasteiger partial charge on any atom is -0.494 e. The molecule has 5 rings (SSSR count). The van der Waals surface area contributed by atoms with Gasteiger partial charge in [0.05, 0.1) is 18.3 Å².